The average molecular weight is 913 g/mol. The van der Waals surface area contributed by atoms with Crippen LogP contribution < -0.4 is 59.0 Å². The largest absolute Gasteiger partial charge is 0.312 e. The third-order valence-electron chi connectivity index (χ3n) is 15.8. The van der Waals surface area contributed by atoms with Gasteiger partial charge >= 0.3 is 0 Å². The Balaban J connectivity index is 1.10. The topological polar surface area (TPSA) is 40.6 Å². The highest BCUT2D eigenvalue weighted by molar-refractivity contribution is 7.05. The molecule has 0 unspecified atom stereocenters. The zero-order valence-electron chi connectivity index (χ0n) is 41.0. The lowest BCUT2D eigenvalue weighted by atomic mass is 9.28. The highest BCUT2D eigenvalue weighted by Crippen LogP contribution is 2.46. The molecule has 0 atom stereocenters. The summed E-state index contributed by atoms with van der Waals surface area (Å²) in [5.41, 5.74) is 27.0. The average Bonchev–Trinajstić information content (AvgIpc) is 3.39. The number of hydrogen-bond donors (Lipinski definition) is 0. The minimum Gasteiger partial charge on any atom is -0.312 e. The van der Waals surface area contributed by atoms with Gasteiger partial charge in [-0.15, -0.1) is 0 Å². The van der Waals surface area contributed by atoms with Crippen molar-refractivity contribution >= 4 is 116 Å². The van der Waals surface area contributed by atoms with E-state index in [2.05, 4.69) is 215 Å². The molecule has 0 saturated carbocycles. The van der Waals surface area contributed by atoms with E-state index in [1.165, 1.54) is 88.7 Å². The molecule has 7 heteroatoms. The van der Waals surface area contributed by atoms with Crippen molar-refractivity contribution in [2.45, 2.75) is 52.4 Å². The Labute approximate surface area is 418 Å². The SMILES string of the molecule is CC(C)(C)c1ccc(B2c3ccccc3N3c4cccc5c4B(c4cccc2c43)c2cc(-c3ccc(C=O)cc3)cc3c2N5c2ccc(-c4ccc(C=O)cc4)cc2B3c2ccc(C(C)(C)C)cc2)cc1. The van der Waals surface area contributed by atoms with Crippen molar-refractivity contribution in [3.63, 3.8) is 0 Å². The van der Waals surface area contributed by atoms with Crippen molar-refractivity contribution in [3.8, 4) is 22.3 Å². The van der Waals surface area contributed by atoms with E-state index in [-0.39, 0.29) is 31.0 Å². The summed E-state index contributed by atoms with van der Waals surface area (Å²) < 4.78 is 0. The van der Waals surface area contributed by atoms with Crippen molar-refractivity contribution in [1.29, 1.82) is 0 Å². The van der Waals surface area contributed by atoms with Crippen LogP contribution in [0.4, 0.5) is 34.1 Å². The molecule has 0 radical (unpaired) electrons. The van der Waals surface area contributed by atoms with Gasteiger partial charge in [0.1, 0.15) is 12.6 Å². The maximum absolute atomic E-state index is 12.0. The fourth-order valence-electron chi connectivity index (χ4n) is 12.3. The normalized spacial score (nSPS) is 13.7. The number of carbonyl (C=O) groups excluding carboxylic acids is 2. The molecule has 0 aromatic heterocycles. The Morgan fingerprint density at radius 3 is 1.31 bits per heavy atom. The summed E-state index contributed by atoms with van der Waals surface area (Å²) >= 11 is 0. The van der Waals surface area contributed by atoms with Crippen LogP contribution in [0.2, 0.25) is 0 Å². The molecule has 0 fully saturated rings. The summed E-state index contributed by atoms with van der Waals surface area (Å²) in [6.07, 6.45) is 1.83. The van der Waals surface area contributed by atoms with E-state index in [4.69, 9.17) is 0 Å². The Bertz CT molecular complexity index is 3660. The number of anilines is 6. The summed E-state index contributed by atoms with van der Waals surface area (Å²) in [7, 11) is 0. The zero-order valence-corrected chi connectivity index (χ0v) is 41.0. The van der Waals surface area contributed by atoms with E-state index in [9.17, 15) is 9.59 Å². The van der Waals surface area contributed by atoms with Crippen LogP contribution in [0.15, 0.2) is 188 Å². The van der Waals surface area contributed by atoms with Gasteiger partial charge in [0.25, 0.3) is 6.71 Å². The molecular formula is C64H51B3N2O2. The standard InChI is InChI=1S/C64H51B3N2O2/c1-63(2,3)46-26-30-48(31-27-46)65-50-11-7-8-14-56(50)68-58-15-10-16-59-60(58)67(52-13-9-12-51(65)61(52)68)55-37-45(43-23-19-41(39-71)20-24-43)36-54-62(55)69(59)57-34-25-44(42-21-17-40(38-70)18-22-42)35-53(57)66(54)49-32-28-47(29-33-49)64(4,5)6/h7-39H,1-6H3. The van der Waals surface area contributed by atoms with E-state index in [0.717, 1.165) is 40.5 Å². The van der Waals surface area contributed by atoms with Gasteiger partial charge in [-0.2, -0.15) is 0 Å². The second-order valence-electron chi connectivity index (χ2n) is 22.0. The molecule has 71 heavy (non-hydrogen) atoms. The molecule has 4 aliphatic rings. The van der Waals surface area contributed by atoms with Crippen LogP contribution in [0.5, 0.6) is 0 Å². The number of benzene rings is 9. The van der Waals surface area contributed by atoms with E-state index < -0.39 is 0 Å². The van der Waals surface area contributed by atoms with Gasteiger partial charge in [0.15, 0.2) is 0 Å². The van der Waals surface area contributed by atoms with Gasteiger partial charge < -0.3 is 9.80 Å². The van der Waals surface area contributed by atoms with E-state index in [1.807, 2.05) is 24.3 Å². The minimum absolute atomic E-state index is 0.00603. The smallest absolute Gasteiger partial charge is 0.252 e. The van der Waals surface area contributed by atoms with Crippen LogP contribution in [-0.4, -0.2) is 32.7 Å². The van der Waals surface area contributed by atoms with Crippen LogP contribution in [0.25, 0.3) is 22.3 Å². The maximum atomic E-state index is 12.0. The van der Waals surface area contributed by atoms with Crippen LogP contribution in [-0.2, 0) is 10.8 Å². The van der Waals surface area contributed by atoms with Crippen molar-refractivity contribution < 1.29 is 9.59 Å². The molecule has 0 aliphatic carbocycles. The van der Waals surface area contributed by atoms with Gasteiger partial charge in [-0.05, 0) is 107 Å². The van der Waals surface area contributed by atoms with Crippen molar-refractivity contribution in [3.05, 3.63) is 210 Å². The van der Waals surface area contributed by atoms with Gasteiger partial charge in [0, 0.05) is 45.3 Å². The quantitative estimate of drug-likeness (QED) is 0.124. The van der Waals surface area contributed by atoms with Crippen LogP contribution in [0, 0.1) is 0 Å². The molecule has 4 nitrogen and oxygen atoms in total. The Kier molecular flexibility index (Phi) is 9.61. The van der Waals surface area contributed by atoms with E-state index in [0.29, 0.717) is 11.1 Å². The summed E-state index contributed by atoms with van der Waals surface area (Å²) in [4.78, 5) is 28.9. The summed E-state index contributed by atoms with van der Waals surface area (Å²) in [5.74, 6) is 0. The number of carbonyl (C=O) groups is 2. The van der Waals surface area contributed by atoms with E-state index in [1.54, 1.807) is 0 Å². The number of nitrogens with zero attached hydrogens (tertiary/aromatic N) is 2. The van der Waals surface area contributed by atoms with Crippen LogP contribution in [0.3, 0.4) is 0 Å². The Morgan fingerprint density at radius 2 is 0.761 bits per heavy atom. The fraction of sp³-hybridized carbons (Fsp3) is 0.125. The molecule has 0 amide bonds. The molecule has 9 aromatic rings. The van der Waals surface area contributed by atoms with Crippen LogP contribution in [0.1, 0.15) is 73.4 Å². The molecule has 0 bridgehead atoms. The lowest BCUT2D eigenvalue weighted by molar-refractivity contribution is 0.111. The first kappa shape index (κ1) is 43.2. The number of fused-ring (bicyclic) bond motifs is 8. The summed E-state index contributed by atoms with van der Waals surface area (Å²) in [6.45, 7) is 13.5. The predicted octanol–water partition coefficient (Wildman–Crippen LogP) is 8.98. The van der Waals surface area contributed by atoms with Crippen molar-refractivity contribution in [2.75, 3.05) is 9.80 Å². The number of hydrogen-bond acceptors (Lipinski definition) is 4. The number of rotatable bonds is 6. The second-order valence-corrected chi connectivity index (χ2v) is 22.0. The minimum atomic E-state index is -0.116. The Morgan fingerprint density at radius 1 is 0.352 bits per heavy atom. The lowest BCUT2D eigenvalue weighted by Crippen LogP contribution is -2.69. The highest BCUT2D eigenvalue weighted by Gasteiger charge is 2.50. The molecule has 338 valence electrons. The molecule has 4 aliphatic heterocycles. The number of para-hydroxylation sites is 2. The van der Waals surface area contributed by atoms with Gasteiger partial charge in [-0.3, -0.25) is 9.59 Å². The predicted molar refractivity (Wildman–Crippen MR) is 302 cm³/mol. The first-order valence-electron chi connectivity index (χ1n) is 25.0. The van der Waals surface area contributed by atoms with Crippen molar-refractivity contribution in [2.24, 2.45) is 0 Å². The lowest BCUT2D eigenvalue weighted by Gasteiger charge is -2.49. The highest BCUT2D eigenvalue weighted by atomic mass is 16.1. The first-order valence-corrected chi connectivity index (χ1v) is 25.0. The number of aldehydes is 2. The molecular weight excluding hydrogens is 861 g/mol. The van der Waals surface area contributed by atoms with Gasteiger partial charge in [-0.25, -0.2) is 0 Å². The van der Waals surface area contributed by atoms with Crippen LogP contribution >= 0.6 is 0 Å². The molecule has 0 N–H and O–H groups in total. The summed E-state index contributed by atoms with van der Waals surface area (Å²) in [5, 5.41) is 0. The van der Waals surface area contributed by atoms with Gasteiger partial charge in [0.05, 0.1) is 0 Å². The maximum Gasteiger partial charge on any atom is 0.252 e. The van der Waals surface area contributed by atoms with Gasteiger partial charge in [0.2, 0.25) is 13.4 Å². The Hall–Kier alpha value is -7.89. The molecule has 4 heterocycles. The molecule has 9 aromatic carbocycles. The molecule has 0 spiro atoms. The summed E-state index contributed by atoms with van der Waals surface area (Å²) in [6, 6.07) is 69.6. The first-order chi connectivity index (χ1) is 34.4. The third-order valence-corrected chi connectivity index (χ3v) is 15.8. The molecule has 0 saturated heterocycles. The zero-order chi connectivity index (χ0) is 48.5. The van der Waals surface area contributed by atoms with Crippen molar-refractivity contribution in [1.82, 2.24) is 0 Å². The monoisotopic (exact) mass is 912 g/mol. The fourth-order valence-corrected chi connectivity index (χ4v) is 12.3. The molecule has 13 rings (SSSR count). The van der Waals surface area contributed by atoms with Gasteiger partial charge in [-0.1, -0.05) is 216 Å². The third kappa shape index (κ3) is 6.62. The van der Waals surface area contributed by atoms with E-state index >= 15 is 0 Å². The second kappa shape index (κ2) is 15.8.